The number of hydrogen-bond acceptors (Lipinski definition) is 3. The Balaban J connectivity index is 2.17. The van der Waals surface area contributed by atoms with Crippen LogP contribution in [0.2, 0.25) is 0 Å². The lowest BCUT2D eigenvalue weighted by molar-refractivity contribution is 0.860. The molecular formula is C13H14BrN3. The molecule has 17 heavy (non-hydrogen) atoms. The second kappa shape index (κ2) is 5.27. The summed E-state index contributed by atoms with van der Waals surface area (Å²) in [5, 5.41) is 0. The van der Waals surface area contributed by atoms with Gasteiger partial charge in [0.1, 0.15) is 5.82 Å². The van der Waals surface area contributed by atoms with Crippen molar-refractivity contribution in [2.24, 2.45) is 0 Å². The summed E-state index contributed by atoms with van der Waals surface area (Å²) in [7, 11) is 2.03. The smallest absolute Gasteiger partial charge is 0.131 e. The van der Waals surface area contributed by atoms with Crippen LogP contribution in [0.5, 0.6) is 0 Å². The van der Waals surface area contributed by atoms with Crippen molar-refractivity contribution >= 4 is 21.7 Å². The maximum absolute atomic E-state index is 4.43. The van der Waals surface area contributed by atoms with Gasteiger partial charge in [-0.15, -0.1) is 0 Å². The summed E-state index contributed by atoms with van der Waals surface area (Å²) < 4.78 is 1.00. The van der Waals surface area contributed by atoms with E-state index in [0.29, 0.717) is 0 Å². The minimum atomic E-state index is 0.760. The molecular weight excluding hydrogens is 278 g/mol. The molecule has 2 rings (SSSR count). The lowest BCUT2D eigenvalue weighted by atomic mass is 10.2. The number of nitrogens with zero attached hydrogens (tertiary/aromatic N) is 3. The molecule has 4 heteroatoms. The van der Waals surface area contributed by atoms with Gasteiger partial charge in [0.05, 0.1) is 12.2 Å². The van der Waals surface area contributed by atoms with Gasteiger partial charge in [0, 0.05) is 23.9 Å². The van der Waals surface area contributed by atoms with Crippen LogP contribution in [0.3, 0.4) is 0 Å². The maximum Gasteiger partial charge on any atom is 0.131 e. The molecule has 0 radical (unpaired) electrons. The summed E-state index contributed by atoms with van der Waals surface area (Å²) >= 11 is 3.42. The number of pyridine rings is 2. The first-order valence-electron chi connectivity index (χ1n) is 5.40. The summed E-state index contributed by atoms with van der Waals surface area (Å²) in [5.41, 5.74) is 2.19. The Kier molecular flexibility index (Phi) is 3.74. The molecule has 0 saturated carbocycles. The number of anilines is 1. The standard InChI is InChI=1S/C13H14BrN3/c1-10-7-11(14)8-16-13(10)17(2)9-12-5-3-4-6-15-12/h3-8H,9H2,1-2H3. The average molecular weight is 292 g/mol. The van der Waals surface area contributed by atoms with E-state index in [1.54, 1.807) is 0 Å². The van der Waals surface area contributed by atoms with Gasteiger partial charge in [-0.1, -0.05) is 6.07 Å². The van der Waals surface area contributed by atoms with E-state index in [0.717, 1.165) is 28.1 Å². The van der Waals surface area contributed by atoms with Crippen LogP contribution in [-0.2, 0) is 6.54 Å². The van der Waals surface area contributed by atoms with Gasteiger partial charge in [0.15, 0.2) is 0 Å². The largest absolute Gasteiger partial charge is 0.354 e. The van der Waals surface area contributed by atoms with Crippen LogP contribution in [0.1, 0.15) is 11.3 Å². The summed E-state index contributed by atoms with van der Waals surface area (Å²) in [6.45, 7) is 2.82. The third-order valence-corrected chi connectivity index (χ3v) is 2.94. The molecule has 0 aliphatic rings. The fourth-order valence-corrected chi connectivity index (χ4v) is 2.19. The van der Waals surface area contributed by atoms with Crippen LogP contribution >= 0.6 is 15.9 Å². The van der Waals surface area contributed by atoms with E-state index in [-0.39, 0.29) is 0 Å². The van der Waals surface area contributed by atoms with Crippen LogP contribution in [0, 0.1) is 6.92 Å². The quantitative estimate of drug-likeness (QED) is 0.870. The Morgan fingerprint density at radius 1 is 1.29 bits per heavy atom. The maximum atomic E-state index is 4.43. The minimum absolute atomic E-state index is 0.760. The van der Waals surface area contributed by atoms with E-state index < -0.39 is 0 Å². The molecule has 0 amide bonds. The van der Waals surface area contributed by atoms with Gasteiger partial charge in [-0.05, 0) is 46.6 Å². The molecule has 0 aliphatic carbocycles. The van der Waals surface area contributed by atoms with Crippen LogP contribution in [0.25, 0.3) is 0 Å². The van der Waals surface area contributed by atoms with Crippen molar-refractivity contribution in [2.75, 3.05) is 11.9 Å². The average Bonchev–Trinajstić information content (AvgIpc) is 2.30. The second-order valence-electron chi connectivity index (χ2n) is 3.97. The fraction of sp³-hybridized carbons (Fsp3) is 0.231. The van der Waals surface area contributed by atoms with E-state index in [1.807, 2.05) is 37.6 Å². The predicted molar refractivity (Wildman–Crippen MR) is 73.0 cm³/mol. The lowest BCUT2D eigenvalue weighted by Gasteiger charge is -2.19. The summed E-state index contributed by atoms with van der Waals surface area (Å²) in [5.74, 6) is 0.985. The third-order valence-electron chi connectivity index (χ3n) is 2.50. The highest BCUT2D eigenvalue weighted by molar-refractivity contribution is 9.10. The summed E-state index contributed by atoms with van der Waals surface area (Å²) in [4.78, 5) is 10.8. The summed E-state index contributed by atoms with van der Waals surface area (Å²) in [6, 6.07) is 8.01. The van der Waals surface area contributed by atoms with Crippen molar-refractivity contribution in [3.63, 3.8) is 0 Å². The van der Waals surface area contributed by atoms with Crippen LogP contribution in [0.15, 0.2) is 41.1 Å². The molecule has 2 heterocycles. The Labute approximate surface area is 110 Å². The molecule has 0 atom stereocenters. The highest BCUT2D eigenvalue weighted by Crippen LogP contribution is 2.20. The molecule has 2 aromatic rings. The molecule has 3 nitrogen and oxygen atoms in total. The zero-order valence-corrected chi connectivity index (χ0v) is 11.5. The zero-order valence-electron chi connectivity index (χ0n) is 9.89. The van der Waals surface area contributed by atoms with Gasteiger partial charge < -0.3 is 4.90 Å². The highest BCUT2D eigenvalue weighted by atomic mass is 79.9. The van der Waals surface area contributed by atoms with Gasteiger partial charge in [-0.25, -0.2) is 4.98 Å². The Bertz CT molecular complexity index is 499. The highest BCUT2D eigenvalue weighted by Gasteiger charge is 2.07. The van der Waals surface area contributed by atoms with Crippen molar-refractivity contribution in [2.45, 2.75) is 13.5 Å². The van der Waals surface area contributed by atoms with E-state index in [4.69, 9.17) is 0 Å². The Hall–Kier alpha value is -1.42. The third kappa shape index (κ3) is 3.03. The van der Waals surface area contributed by atoms with Crippen LogP contribution in [-0.4, -0.2) is 17.0 Å². The molecule has 88 valence electrons. The first kappa shape index (κ1) is 12.0. The van der Waals surface area contributed by atoms with Crippen molar-refractivity contribution in [1.82, 2.24) is 9.97 Å². The summed E-state index contributed by atoms with van der Waals surface area (Å²) in [6.07, 6.45) is 3.63. The van der Waals surface area contributed by atoms with Crippen LogP contribution < -0.4 is 4.90 Å². The lowest BCUT2D eigenvalue weighted by Crippen LogP contribution is -2.19. The van der Waals surface area contributed by atoms with Crippen molar-refractivity contribution in [1.29, 1.82) is 0 Å². The molecule has 0 saturated heterocycles. The zero-order chi connectivity index (χ0) is 12.3. The van der Waals surface area contributed by atoms with E-state index in [1.165, 1.54) is 0 Å². The topological polar surface area (TPSA) is 29.0 Å². The predicted octanol–water partition coefficient (Wildman–Crippen LogP) is 3.18. The number of rotatable bonds is 3. The Morgan fingerprint density at radius 3 is 2.76 bits per heavy atom. The molecule has 0 N–H and O–H groups in total. The van der Waals surface area contributed by atoms with E-state index in [9.17, 15) is 0 Å². The molecule has 0 spiro atoms. The SMILES string of the molecule is Cc1cc(Br)cnc1N(C)Cc1ccccn1. The van der Waals surface area contributed by atoms with Gasteiger partial charge in [0.2, 0.25) is 0 Å². The molecule has 0 aromatic carbocycles. The second-order valence-corrected chi connectivity index (χ2v) is 4.89. The van der Waals surface area contributed by atoms with Gasteiger partial charge in [0.25, 0.3) is 0 Å². The number of hydrogen-bond donors (Lipinski definition) is 0. The van der Waals surface area contributed by atoms with E-state index >= 15 is 0 Å². The van der Waals surface area contributed by atoms with Crippen LogP contribution in [0.4, 0.5) is 5.82 Å². The molecule has 0 unspecified atom stereocenters. The molecule has 0 bridgehead atoms. The van der Waals surface area contributed by atoms with Crippen molar-refractivity contribution in [3.05, 3.63) is 52.4 Å². The first-order chi connectivity index (χ1) is 8.16. The van der Waals surface area contributed by atoms with Gasteiger partial charge >= 0.3 is 0 Å². The van der Waals surface area contributed by atoms with Crippen molar-refractivity contribution < 1.29 is 0 Å². The van der Waals surface area contributed by atoms with E-state index in [2.05, 4.69) is 43.8 Å². The van der Waals surface area contributed by atoms with Crippen molar-refractivity contribution in [3.8, 4) is 0 Å². The number of halogens is 1. The molecule has 0 fully saturated rings. The molecule has 2 aromatic heterocycles. The number of aryl methyl sites for hydroxylation is 1. The Morgan fingerprint density at radius 2 is 2.12 bits per heavy atom. The normalized spacial score (nSPS) is 10.3. The number of aromatic nitrogens is 2. The monoisotopic (exact) mass is 291 g/mol. The van der Waals surface area contributed by atoms with Gasteiger partial charge in [-0.2, -0.15) is 0 Å². The fourth-order valence-electron chi connectivity index (χ4n) is 1.74. The first-order valence-corrected chi connectivity index (χ1v) is 6.19. The molecule has 0 aliphatic heterocycles. The van der Waals surface area contributed by atoms with Gasteiger partial charge in [-0.3, -0.25) is 4.98 Å². The minimum Gasteiger partial charge on any atom is -0.354 e.